The molecule has 0 saturated heterocycles. The quantitative estimate of drug-likeness (QED) is 0.832. The van der Waals surface area contributed by atoms with Crippen LogP contribution in [0.15, 0.2) is 12.1 Å². The zero-order chi connectivity index (χ0) is 10.7. The lowest BCUT2D eigenvalue weighted by molar-refractivity contribution is 0.265. The summed E-state index contributed by atoms with van der Waals surface area (Å²) in [6.45, 7) is 6.35. The van der Waals surface area contributed by atoms with Crippen LogP contribution < -0.4 is 5.73 Å². The summed E-state index contributed by atoms with van der Waals surface area (Å²) in [6.07, 6.45) is 0.753. The second kappa shape index (κ2) is 6.11. The standard InChI is InChI=1S/C12H19NO.ClH/c1-8-4-10(3)11(5-9(8)2)6-12(13)7-14;/h4-5,12,14H,6-7,13H2,1-3H3;1H. The average molecular weight is 230 g/mol. The molecule has 1 unspecified atom stereocenters. The fraction of sp³-hybridized carbons (Fsp3) is 0.500. The number of nitrogens with two attached hydrogens (primary N) is 1. The SMILES string of the molecule is Cc1cc(C)c(CC(N)CO)cc1C.Cl. The summed E-state index contributed by atoms with van der Waals surface area (Å²) in [5.41, 5.74) is 10.8. The highest BCUT2D eigenvalue weighted by atomic mass is 35.5. The average Bonchev–Trinajstić information content (AvgIpc) is 2.14. The number of halogens is 1. The summed E-state index contributed by atoms with van der Waals surface area (Å²) in [6, 6.07) is 4.20. The molecule has 3 N–H and O–H groups in total. The van der Waals surface area contributed by atoms with E-state index in [-0.39, 0.29) is 25.1 Å². The van der Waals surface area contributed by atoms with Crippen molar-refractivity contribution in [3.05, 3.63) is 34.4 Å². The normalized spacial score (nSPS) is 12.1. The molecular weight excluding hydrogens is 210 g/mol. The van der Waals surface area contributed by atoms with Crippen molar-refractivity contribution in [1.29, 1.82) is 0 Å². The van der Waals surface area contributed by atoms with Crippen molar-refractivity contribution in [3.63, 3.8) is 0 Å². The van der Waals surface area contributed by atoms with Gasteiger partial charge in [-0.15, -0.1) is 12.4 Å². The van der Waals surface area contributed by atoms with E-state index in [1.165, 1.54) is 22.3 Å². The van der Waals surface area contributed by atoms with Gasteiger partial charge in [0.15, 0.2) is 0 Å². The molecule has 0 aliphatic carbocycles. The van der Waals surface area contributed by atoms with E-state index >= 15 is 0 Å². The van der Waals surface area contributed by atoms with Crippen molar-refractivity contribution in [2.75, 3.05) is 6.61 Å². The summed E-state index contributed by atoms with van der Waals surface area (Å²) in [4.78, 5) is 0. The molecule has 86 valence electrons. The Hall–Kier alpha value is -0.570. The highest BCUT2D eigenvalue weighted by Gasteiger charge is 2.06. The Morgan fingerprint density at radius 1 is 1.13 bits per heavy atom. The first-order valence-electron chi connectivity index (χ1n) is 4.97. The van der Waals surface area contributed by atoms with Gasteiger partial charge in [0.1, 0.15) is 0 Å². The summed E-state index contributed by atoms with van der Waals surface area (Å²) in [7, 11) is 0. The molecule has 3 heteroatoms. The van der Waals surface area contributed by atoms with Crippen LogP contribution in [0, 0.1) is 20.8 Å². The Morgan fingerprint density at radius 2 is 1.67 bits per heavy atom. The molecule has 0 aromatic heterocycles. The summed E-state index contributed by atoms with van der Waals surface area (Å²) >= 11 is 0. The lowest BCUT2D eigenvalue weighted by Gasteiger charge is -2.13. The number of aryl methyl sites for hydroxylation is 3. The first-order chi connectivity index (χ1) is 6.54. The predicted octanol–water partition coefficient (Wildman–Crippen LogP) is 1.90. The molecule has 2 nitrogen and oxygen atoms in total. The third-order valence-corrected chi connectivity index (χ3v) is 2.67. The number of aliphatic hydroxyl groups excluding tert-OH is 1. The van der Waals surface area contributed by atoms with Crippen molar-refractivity contribution in [1.82, 2.24) is 0 Å². The van der Waals surface area contributed by atoms with E-state index in [0.29, 0.717) is 0 Å². The Bertz CT molecular complexity index is 326. The number of aliphatic hydroxyl groups is 1. The molecular formula is C12H20ClNO. The second-order valence-corrected chi connectivity index (χ2v) is 4.01. The van der Waals surface area contributed by atoms with Gasteiger partial charge in [-0.3, -0.25) is 0 Å². The molecule has 1 rings (SSSR count). The minimum Gasteiger partial charge on any atom is -0.395 e. The van der Waals surface area contributed by atoms with Crippen LogP contribution in [-0.4, -0.2) is 17.8 Å². The largest absolute Gasteiger partial charge is 0.395 e. The van der Waals surface area contributed by atoms with Crippen molar-refractivity contribution in [2.45, 2.75) is 33.2 Å². The van der Waals surface area contributed by atoms with E-state index in [1.807, 2.05) is 0 Å². The first kappa shape index (κ1) is 14.4. The lowest BCUT2D eigenvalue weighted by atomic mass is 9.96. The lowest BCUT2D eigenvalue weighted by Crippen LogP contribution is -2.27. The fourth-order valence-electron chi connectivity index (χ4n) is 1.59. The maximum absolute atomic E-state index is 8.89. The summed E-state index contributed by atoms with van der Waals surface area (Å²) in [5, 5.41) is 8.89. The van der Waals surface area contributed by atoms with Crippen LogP contribution in [-0.2, 0) is 6.42 Å². The van der Waals surface area contributed by atoms with Gasteiger partial charge >= 0.3 is 0 Å². The molecule has 0 radical (unpaired) electrons. The molecule has 1 atom stereocenters. The first-order valence-corrected chi connectivity index (χ1v) is 4.97. The van der Waals surface area contributed by atoms with Gasteiger partial charge in [0, 0.05) is 6.04 Å². The van der Waals surface area contributed by atoms with E-state index in [9.17, 15) is 0 Å². The molecule has 15 heavy (non-hydrogen) atoms. The van der Waals surface area contributed by atoms with Crippen LogP contribution in [0.5, 0.6) is 0 Å². The monoisotopic (exact) mass is 229 g/mol. The topological polar surface area (TPSA) is 46.2 Å². The molecule has 0 aliphatic heterocycles. The number of rotatable bonds is 3. The number of hydrogen-bond donors (Lipinski definition) is 2. The molecule has 0 amide bonds. The zero-order valence-electron chi connectivity index (χ0n) is 9.58. The van der Waals surface area contributed by atoms with E-state index in [2.05, 4.69) is 32.9 Å². The van der Waals surface area contributed by atoms with Crippen LogP contribution in [0.1, 0.15) is 22.3 Å². The number of benzene rings is 1. The van der Waals surface area contributed by atoms with Crippen molar-refractivity contribution in [2.24, 2.45) is 5.73 Å². The van der Waals surface area contributed by atoms with Crippen LogP contribution in [0.3, 0.4) is 0 Å². The summed E-state index contributed by atoms with van der Waals surface area (Å²) < 4.78 is 0. The van der Waals surface area contributed by atoms with Gasteiger partial charge in [0.25, 0.3) is 0 Å². The molecule has 0 saturated carbocycles. The highest BCUT2D eigenvalue weighted by molar-refractivity contribution is 5.85. The van der Waals surface area contributed by atoms with Gasteiger partial charge < -0.3 is 10.8 Å². The molecule has 0 bridgehead atoms. The van der Waals surface area contributed by atoms with Gasteiger partial charge in [-0.25, -0.2) is 0 Å². The van der Waals surface area contributed by atoms with Crippen LogP contribution in [0.2, 0.25) is 0 Å². The van der Waals surface area contributed by atoms with Crippen molar-refractivity contribution in [3.8, 4) is 0 Å². The molecule has 0 fully saturated rings. The smallest absolute Gasteiger partial charge is 0.0585 e. The second-order valence-electron chi connectivity index (χ2n) is 4.01. The van der Waals surface area contributed by atoms with Gasteiger partial charge in [-0.2, -0.15) is 0 Å². The third kappa shape index (κ3) is 3.82. The van der Waals surface area contributed by atoms with Gasteiger partial charge in [0.05, 0.1) is 6.61 Å². The van der Waals surface area contributed by atoms with E-state index in [1.54, 1.807) is 0 Å². The fourth-order valence-corrected chi connectivity index (χ4v) is 1.59. The number of hydrogen-bond acceptors (Lipinski definition) is 2. The maximum Gasteiger partial charge on any atom is 0.0585 e. The van der Waals surface area contributed by atoms with Crippen molar-refractivity contribution >= 4 is 12.4 Å². The summed E-state index contributed by atoms with van der Waals surface area (Å²) in [5.74, 6) is 0. The Kier molecular flexibility index (Phi) is 5.88. The van der Waals surface area contributed by atoms with Gasteiger partial charge in [0.2, 0.25) is 0 Å². The van der Waals surface area contributed by atoms with Gasteiger partial charge in [-0.05, 0) is 49.4 Å². The van der Waals surface area contributed by atoms with E-state index in [4.69, 9.17) is 10.8 Å². The van der Waals surface area contributed by atoms with Crippen LogP contribution in [0.25, 0.3) is 0 Å². The molecule has 0 spiro atoms. The predicted molar refractivity (Wildman–Crippen MR) is 66.7 cm³/mol. The Balaban J connectivity index is 0.00000196. The van der Waals surface area contributed by atoms with E-state index in [0.717, 1.165) is 6.42 Å². The van der Waals surface area contributed by atoms with Crippen LogP contribution in [0.4, 0.5) is 0 Å². The highest BCUT2D eigenvalue weighted by Crippen LogP contribution is 2.16. The molecule has 1 aromatic rings. The minimum atomic E-state index is -0.143. The van der Waals surface area contributed by atoms with Crippen molar-refractivity contribution < 1.29 is 5.11 Å². The molecule has 1 aromatic carbocycles. The van der Waals surface area contributed by atoms with Crippen LogP contribution >= 0.6 is 12.4 Å². The minimum absolute atomic E-state index is 0. The maximum atomic E-state index is 8.89. The van der Waals surface area contributed by atoms with Gasteiger partial charge in [-0.1, -0.05) is 12.1 Å². The third-order valence-electron chi connectivity index (χ3n) is 2.67. The Labute approximate surface area is 97.9 Å². The zero-order valence-corrected chi connectivity index (χ0v) is 10.4. The Morgan fingerprint density at radius 3 is 2.20 bits per heavy atom. The molecule has 0 heterocycles. The molecule has 0 aliphatic rings. The van der Waals surface area contributed by atoms with E-state index < -0.39 is 0 Å².